The summed E-state index contributed by atoms with van der Waals surface area (Å²) in [5, 5.41) is 10.3. The lowest BCUT2D eigenvalue weighted by Crippen LogP contribution is -2.45. The quantitative estimate of drug-likeness (QED) is 0.508. The maximum Gasteiger partial charge on any atom is 0.129 e. The molecule has 29 heavy (non-hydrogen) atoms. The van der Waals surface area contributed by atoms with Gasteiger partial charge in [0.05, 0.1) is 6.54 Å². The summed E-state index contributed by atoms with van der Waals surface area (Å²) >= 11 is 5.85. The molecule has 1 aliphatic heterocycles. The Morgan fingerprint density at radius 3 is 2.62 bits per heavy atom. The Morgan fingerprint density at radius 2 is 2.00 bits per heavy atom. The average Bonchev–Trinajstić information content (AvgIpc) is 2.72. The normalized spacial score (nSPS) is 16.9. The predicted molar refractivity (Wildman–Crippen MR) is 120 cm³/mol. The lowest BCUT2D eigenvalue weighted by atomic mass is 10.0. The zero-order chi connectivity index (χ0) is 21.2. The van der Waals surface area contributed by atoms with Crippen molar-refractivity contribution in [3.8, 4) is 0 Å². The van der Waals surface area contributed by atoms with Crippen LogP contribution in [0.5, 0.6) is 0 Å². The number of allylic oxidation sites excluding steroid dienone is 1. The first-order valence-corrected chi connectivity index (χ1v) is 11.2. The van der Waals surface area contributed by atoms with Crippen LogP contribution in [0.2, 0.25) is 5.02 Å². The van der Waals surface area contributed by atoms with Gasteiger partial charge in [0.2, 0.25) is 0 Å². The van der Waals surface area contributed by atoms with Gasteiger partial charge < -0.3 is 10.0 Å². The van der Waals surface area contributed by atoms with Gasteiger partial charge in [-0.15, -0.1) is 0 Å². The molecule has 2 rings (SSSR count). The number of benzene rings is 1. The number of rotatable bonds is 11. The molecular weight excluding hydrogens is 389 g/mol. The molecule has 1 aromatic rings. The first-order chi connectivity index (χ1) is 13.9. The van der Waals surface area contributed by atoms with Crippen molar-refractivity contribution in [2.75, 3.05) is 46.3 Å². The van der Waals surface area contributed by atoms with E-state index in [-0.39, 0.29) is 5.82 Å². The Kier molecular flexibility index (Phi) is 10.4. The Bertz CT molecular complexity index is 647. The molecule has 0 atom stereocenters. The van der Waals surface area contributed by atoms with Crippen molar-refractivity contribution >= 4 is 11.6 Å². The Morgan fingerprint density at radius 1 is 1.28 bits per heavy atom. The predicted octanol–water partition coefficient (Wildman–Crippen LogP) is 4.94. The van der Waals surface area contributed by atoms with Crippen LogP contribution < -0.4 is 0 Å². The number of likely N-dealkylation sites (tertiary alicyclic amines) is 1. The van der Waals surface area contributed by atoms with Crippen LogP contribution in [0, 0.1) is 5.82 Å². The number of aliphatic hydroxyl groups is 1. The van der Waals surface area contributed by atoms with Gasteiger partial charge in [-0.2, -0.15) is 0 Å². The molecule has 6 heteroatoms. The molecule has 1 fully saturated rings. The Hall–Kier alpha value is -1.14. The standard InChI is InChI=1S/C23H37ClFN3O/c1-4-6-11-27(18-22(29)5-2)15-14-26(3)21-9-12-28(13-10-21)17-19-7-8-20(24)16-23(19)25/h5,7-8,16,21,29H,4,6,9-15,17-18H2,1-3H3/b22-5+. The molecule has 1 heterocycles. The minimum atomic E-state index is -0.215. The van der Waals surface area contributed by atoms with Crippen molar-refractivity contribution in [1.29, 1.82) is 0 Å². The number of aliphatic hydroxyl groups excluding tert-OH is 1. The van der Waals surface area contributed by atoms with E-state index in [0.717, 1.165) is 64.0 Å². The lowest BCUT2D eigenvalue weighted by molar-refractivity contribution is 0.111. The van der Waals surface area contributed by atoms with E-state index in [0.29, 0.717) is 29.9 Å². The number of nitrogens with zero attached hydrogens (tertiary/aromatic N) is 3. The van der Waals surface area contributed by atoms with Crippen molar-refractivity contribution in [3.63, 3.8) is 0 Å². The van der Waals surface area contributed by atoms with Crippen LogP contribution in [-0.4, -0.2) is 72.2 Å². The fourth-order valence-electron chi connectivity index (χ4n) is 3.86. The molecule has 0 aromatic heterocycles. The monoisotopic (exact) mass is 425 g/mol. The summed E-state index contributed by atoms with van der Waals surface area (Å²) in [5.74, 6) is 0.236. The van der Waals surface area contributed by atoms with Crippen LogP contribution in [0.4, 0.5) is 4.39 Å². The number of hydrogen-bond acceptors (Lipinski definition) is 4. The third-order valence-electron chi connectivity index (χ3n) is 5.91. The summed E-state index contributed by atoms with van der Waals surface area (Å²) in [6, 6.07) is 5.51. The first kappa shape index (κ1) is 24.1. The molecule has 0 bridgehead atoms. The van der Waals surface area contributed by atoms with Crippen molar-refractivity contribution in [3.05, 3.63) is 46.4 Å². The van der Waals surface area contributed by atoms with E-state index < -0.39 is 0 Å². The Balaban J connectivity index is 1.77. The van der Waals surface area contributed by atoms with Crippen LogP contribution in [0.25, 0.3) is 0 Å². The molecule has 164 valence electrons. The highest BCUT2D eigenvalue weighted by Crippen LogP contribution is 2.20. The molecule has 0 amide bonds. The summed E-state index contributed by atoms with van der Waals surface area (Å²) in [7, 11) is 2.20. The van der Waals surface area contributed by atoms with Crippen molar-refractivity contribution in [1.82, 2.24) is 14.7 Å². The number of likely N-dealkylation sites (N-methyl/N-ethyl adjacent to an activating group) is 1. The van der Waals surface area contributed by atoms with E-state index in [1.54, 1.807) is 18.2 Å². The fourth-order valence-corrected chi connectivity index (χ4v) is 4.02. The molecule has 4 nitrogen and oxygen atoms in total. The number of hydrogen-bond donors (Lipinski definition) is 1. The van der Waals surface area contributed by atoms with E-state index in [2.05, 4.69) is 28.7 Å². The summed E-state index contributed by atoms with van der Waals surface area (Å²) in [6.07, 6.45) is 6.29. The summed E-state index contributed by atoms with van der Waals surface area (Å²) in [5.41, 5.74) is 0.719. The van der Waals surface area contributed by atoms with Crippen molar-refractivity contribution in [2.45, 2.75) is 52.1 Å². The zero-order valence-electron chi connectivity index (χ0n) is 18.2. The highest BCUT2D eigenvalue weighted by molar-refractivity contribution is 6.30. The Labute approximate surface area is 180 Å². The lowest BCUT2D eigenvalue weighted by Gasteiger charge is -2.37. The van der Waals surface area contributed by atoms with Gasteiger partial charge in [-0.05, 0) is 71.1 Å². The van der Waals surface area contributed by atoms with Gasteiger partial charge in [0.1, 0.15) is 11.6 Å². The third kappa shape index (κ3) is 8.25. The van der Waals surface area contributed by atoms with Crippen LogP contribution in [0.3, 0.4) is 0 Å². The second kappa shape index (κ2) is 12.5. The highest BCUT2D eigenvalue weighted by Gasteiger charge is 2.23. The van der Waals surface area contributed by atoms with Crippen molar-refractivity contribution < 1.29 is 9.50 Å². The molecule has 0 unspecified atom stereocenters. The van der Waals surface area contributed by atoms with E-state index >= 15 is 0 Å². The maximum absolute atomic E-state index is 14.0. The molecular formula is C23H37ClFN3O. The smallest absolute Gasteiger partial charge is 0.129 e. The topological polar surface area (TPSA) is 30.0 Å². The molecule has 0 radical (unpaired) electrons. The number of halogens is 2. The van der Waals surface area contributed by atoms with Gasteiger partial charge in [-0.1, -0.05) is 31.0 Å². The molecule has 1 saturated heterocycles. The van der Waals surface area contributed by atoms with E-state index in [1.807, 2.05) is 6.92 Å². The maximum atomic E-state index is 14.0. The molecule has 1 aliphatic rings. The van der Waals surface area contributed by atoms with E-state index in [9.17, 15) is 9.50 Å². The zero-order valence-corrected chi connectivity index (χ0v) is 19.0. The molecule has 1 aromatic carbocycles. The summed E-state index contributed by atoms with van der Waals surface area (Å²) in [4.78, 5) is 7.12. The largest absolute Gasteiger partial charge is 0.511 e. The third-order valence-corrected chi connectivity index (χ3v) is 6.14. The summed E-state index contributed by atoms with van der Waals surface area (Å²) in [6.45, 7) is 10.3. The van der Waals surface area contributed by atoms with Crippen LogP contribution >= 0.6 is 11.6 Å². The highest BCUT2D eigenvalue weighted by atomic mass is 35.5. The van der Waals surface area contributed by atoms with Gasteiger partial charge in [-0.25, -0.2) is 4.39 Å². The van der Waals surface area contributed by atoms with Crippen molar-refractivity contribution in [2.24, 2.45) is 0 Å². The number of unbranched alkanes of at least 4 members (excludes halogenated alkanes) is 1. The molecule has 1 N–H and O–H groups in total. The first-order valence-electron chi connectivity index (χ1n) is 10.9. The van der Waals surface area contributed by atoms with E-state index in [4.69, 9.17) is 11.6 Å². The minimum Gasteiger partial charge on any atom is -0.511 e. The fraction of sp³-hybridized carbons (Fsp3) is 0.652. The molecule has 0 aliphatic carbocycles. The SMILES string of the molecule is C/C=C(/O)CN(CCCC)CCN(C)C1CCN(Cc2ccc(Cl)cc2F)CC1. The minimum absolute atomic E-state index is 0.215. The summed E-state index contributed by atoms with van der Waals surface area (Å²) < 4.78 is 14.0. The van der Waals surface area contributed by atoms with Gasteiger partial charge in [0.15, 0.2) is 0 Å². The average molecular weight is 426 g/mol. The second-order valence-corrected chi connectivity index (χ2v) is 8.57. The second-order valence-electron chi connectivity index (χ2n) is 8.13. The van der Waals surface area contributed by atoms with E-state index in [1.165, 1.54) is 6.07 Å². The molecule has 0 spiro atoms. The van der Waals surface area contributed by atoms with Crippen LogP contribution in [0.1, 0.15) is 45.1 Å². The van der Waals surface area contributed by atoms with Crippen LogP contribution in [0.15, 0.2) is 30.0 Å². The van der Waals surface area contributed by atoms with Gasteiger partial charge in [0, 0.05) is 36.3 Å². The van der Waals surface area contributed by atoms with Gasteiger partial charge in [0.25, 0.3) is 0 Å². The van der Waals surface area contributed by atoms with Gasteiger partial charge in [-0.3, -0.25) is 9.80 Å². The van der Waals surface area contributed by atoms with Gasteiger partial charge >= 0.3 is 0 Å². The molecule has 0 saturated carbocycles. The number of piperidine rings is 1. The van der Waals surface area contributed by atoms with Crippen LogP contribution in [-0.2, 0) is 6.54 Å².